The predicted octanol–water partition coefficient (Wildman–Crippen LogP) is 2.23. The molecule has 2 aliphatic rings. The van der Waals surface area contributed by atoms with Crippen LogP contribution in [0.25, 0.3) is 0 Å². The van der Waals surface area contributed by atoms with E-state index in [0.29, 0.717) is 31.9 Å². The predicted molar refractivity (Wildman–Crippen MR) is 89.4 cm³/mol. The fourth-order valence-electron chi connectivity index (χ4n) is 3.38. The van der Waals surface area contributed by atoms with Crippen LogP contribution in [0.5, 0.6) is 0 Å². The number of ether oxygens (including phenoxy) is 2. The second-order valence-corrected chi connectivity index (χ2v) is 6.67. The summed E-state index contributed by atoms with van der Waals surface area (Å²) >= 11 is 0. The van der Waals surface area contributed by atoms with Crippen molar-refractivity contribution >= 4 is 11.6 Å². The van der Waals surface area contributed by atoms with Gasteiger partial charge in [0.2, 0.25) is 5.91 Å². The number of amides is 1. The van der Waals surface area contributed by atoms with Gasteiger partial charge in [0.1, 0.15) is 11.9 Å². The van der Waals surface area contributed by atoms with Crippen LogP contribution in [0.3, 0.4) is 0 Å². The van der Waals surface area contributed by atoms with Gasteiger partial charge in [0.15, 0.2) is 0 Å². The maximum atomic E-state index is 14.5. The molecular formula is C18H25FN2O3. The first-order chi connectivity index (χ1) is 11.5. The molecule has 3 rings (SSSR count). The normalized spacial score (nSPS) is 27.3. The SMILES string of the molecule is C[C@@H]1CN(c2ccc(CNC(=O)[C@@H]3CCCO3)cc2F)C[C@H](C)O1. The Morgan fingerprint density at radius 2 is 2.08 bits per heavy atom. The van der Waals surface area contributed by atoms with Crippen LogP contribution in [0.1, 0.15) is 32.3 Å². The second-order valence-electron chi connectivity index (χ2n) is 6.67. The van der Waals surface area contributed by atoms with E-state index in [1.807, 2.05) is 24.8 Å². The van der Waals surface area contributed by atoms with Crippen LogP contribution < -0.4 is 10.2 Å². The molecule has 2 fully saturated rings. The van der Waals surface area contributed by atoms with Gasteiger partial charge < -0.3 is 19.7 Å². The molecule has 1 aromatic carbocycles. The quantitative estimate of drug-likeness (QED) is 0.916. The van der Waals surface area contributed by atoms with Gasteiger partial charge in [0.25, 0.3) is 0 Å². The van der Waals surface area contributed by atoms with Gasteiger partial charge in [-0.05, 0) is 44.4 Å². The zero-order valence-electron chi connectivity index (χ0n) is 14.3. The highest BCUT2D eigenvalue weighted by atomic mass is 19.1. The Morgan fingerprint density at radius 1 is 1.33 bits per heavy atom. The number of nitrogens with one attached hydrogen (secondary N) is 1. The number of nitrogens with zero attached hydrogens (tertiary/aromatic N) is 1. The van der Waals surface area contributed by atoms with Crippen molar-refractivity contribution in [3.05, 3.63) is 29.6 Å². The van der Waals surface area contributed by atoms with Crippen molar-refractivity contribution in [1.29, 1.82) is 0 Å². The van der Waals surface area contributed by atoms with Gasteiger partial charge >= 0.3 is 0 Å². The van der Waals surface area contributed by atoms with E-state index in [4.69, 9.17) is 9.47 Å². The summed E-state index contributed by atoms with van der Waals surface area (Å²) in [6.45, 7) is 6.29. The third-order valence-corrected chi connectivity index (χ3v) is 4.46. The Balaban J connectivity index is 1.61. The van der Waals surface area contributed by atoms with Gasteiger partial charge in [-0.25, -0.2) is 4.39 Å². The minimum absolute atomic E-state index is 0.0820. The summed E-state index contributed by atoms with van der Waals surface area (Å²) in [6, 6.07) is 5.14. The number of halogens is 1. The summed E-state index contributed by atoms with van der Waals surface area (Å²) < 4.78 is 25.5. The molecule has 0 aromatic heterocycles. The lowest BCUT2D eigenvalue weighted by molar-refractivity contribution is -0.130. The summed E-state index contributed by atoms with van der Waals surface area (Å²) in [4.78, 5) is 14.0. The van der Waals surface area contributed by atoms with Gasteiger partial charge in [-0.3, -0.25) is 4.79 Å². The molecule has 0 spiro atoms. The highest BCUT2D eigenvalue weighted by Crippen LogP contribution is 2.24. The average molecular weight is 336 g/mol. The number of carbonyl (C=O) groups excluding carboxylic acids is 1. The third kappa shape index (κ3) is 4.05. The summed E-state index contributed by atoms with van der Waals surface area (Å²) in [5, 5.41) is 2.82. The van der Waals surface area contributed by atoms with Crippen LogP contribution in [0.15, 0.2) is 18.2 Å². The van der Waals surface area contributed by atoms with E-state index in [0.717, 1.165) is 18.4 Å². The van der Waals surface area contributed by atoms with Crippen LogP contribution in [0.4, 0.5) is 10.1 Å². The molecule has 1 N–H and O–H groups in total. The lowest BCUT2D eigenvalue weighted by Gasteiger charge is -2.37. The maximum Gasteiger partial charge on any atom is 0.249 e. The number of hydrogen-bond acceptors (Lipinski definition) is 4. The molecule has 2 aliphatic heterocycles. The van der Waals surface area contributed by atoms with Crippen molar-refractivity contribution in [2.24, 2.45) is 0 Å². The number of carbonyl (C=O) groups is 1. The molecular weight excluding hydrogens is 311 g/mol. The number of hydrogen-bond donors (Lipinski definition) is 1. The topological polar surface area (TPSA) is 50.8 Å². The first kappa shape index (κ1) is 17.2. The van der Waals surface area contributed by atoms with Crippen LogP contribution in [0, 0.1) is 5.82 Å². The summed E-state index contributed by atoms with van der Waals surface area (Å²) in [5.41, 5.74) is 1.34. The van der Waals surface area contributed by atoms with Crippen molar-refractivity contribution < 1.29 is 18.7 Å². The van der Waals surface area contributed by atoms with E-state index in [1.165, 1.54) is 6.07 Å². The molecule has 5 nitrogen and oxygen atoms in total. The summed E-state index contributed by atoms with van der Waals surface area (Å²) in [6.07, 6.45) is 1.48. The largest absolute Gasteiger partial charge is 0.372 e. The van der Waals surface area contributed by atoms with Gasteiger partial charge in [-0.15, -0.1) is 0 Å². The Labute approximate surface area is 142 Å². The van der Waals surface area contributed by atoms with E-state index in [-0.39, 0.29) is 30.0 Å². The van der Waals surface area contributed by atoms with Gasteiger partial charge in [-0.1, -0.05) is 6.07 Å². The van der Waals surface area contributed by atoms with E-state index >= 15 is 0 Å². The first-order valence-electron chi connectivity index (χ1n) is 8.61. The molecule has 1 aromatic rings. The smallest absolute Gasteiger partial charge is 0.249 e. The molecule has 132 valence electrons. The monoisotopic (exact) mass is 336 g/mol. The molecule has 0 unspecified atom stereocenters. The standard InChI is InChI=1S/C18H25FN2O3/c1-12-10-21(11-13(2)24-12)16-6-5-14(8-15(16)19)9-20-18(22)17-4-3-7-23-17/h5-6,8,12-13,17H,3-4,7,9-11H2,1-2H3,(H,20,22)/t12-,13+,17-/m0/s1. The lowest BCUT2D eigenvalue weighted by Crippen LogP contribution is -2.45. The van der Waals surface area contributed by atoms with Crippen molar-refractivity contribution in [1.82, 2.24) is 5.32 Å². The van der Waals surface area contributed by atoms with Crippen molar-refractivity contribution in [2.75, 3.05) is 24.6 Å². The Hall–Kier alpha value is -1.66. The van der Waals surface area contributed by atoms with E-state index in [2.05, 4.69) is 5.32 Å². The molecule has 2 heterocycles. The zero-order valence-corrected chi connectivity index (χ0v) is 14.3. The number of morpholine rings is 1. The maximum absolute atomic E-state index is 14.5. The highest BCUT2D eigenvalue weighted by molar-refractivity contribution is 5.80. The summed E-state index contributed by atoms with van der Waals surface area (Å²) in [7, 11) is 0. The van der Waals surface area contributed by atoms with Crippen LogP contribution in [-0.4, -0.2) is 43.9 Å². The second kappa shape index (κ2) is 7.49. The Bertz CT molecular complexity index is 580. The van der Waals surface area contributed by atoms with Gasteiger partial charge in [-0.2, -0.15) is 0 Å². The van der Waals surface area contributed by atoms with Crippen LogP contribution in [-0.2, 0) is 20.8 Å². The third-order valence-electron chi connectivity index (χ3n) is 4.46. The van der Waals surface area contributed by atoms with E-state index in [9.17, 15) is 9.18 Å². The van der Waals surface area contributed by atoms with Crippen LogP contribution >= 0.6 is 0 Å². The van der Waals surface area contributed by atoms with E-state index < -0.39 is 0 Å². The lowest BCUT2D eigenvalue weighted by atomic mass is 10.1. The molecule has 0 saturated carbocycles. The van der Waals surface area contributed by atoms with Crippen molar-refractivity contribution in [3.63, 3.8) is 0 Å². The Kier molecular flexibility index (Phi) is 5.36. The van der Waals surface area contributed by atoms with Gasteiger partial charge in [0, 0.05) is 26.2 Å². The van der Waals surface area contributed by atoms with Crippen LogP contribution in [0.2, 0.25) is 0 Å². The van der Waals surface area contributed by atoms with Gasteiger partial charge in [0.05, 0.1) is 17.9 Å². The molecule has 6 heteroatoms. The Morgan fingerprint density at radius 3 is 2.71 bits per heavy atom. The number of rotatable bonds is 4. The van der Waals surface area contributed by atoms with Crippen molar-refractivity contribution in [3.8, 4) is 0 Å². The molecule has 0 bridgehead atoms. The molecule has 3 atom stereocenters. The average Bonchev–Trinajstić information content (AvgIpc) is 3.06. The van der Waals surface area contributed by atoms with Crippen molar-refractivity contribution in [2.45, 2.75) is 51.5 Å². The fraction of sp³-hybridized carbons (Fsp3) is 0.611. The molecule has 0 radical (unpaired) electrons. The zero-order chi connectivity index (χ0) is 17.1. The fourth-order valence-corrected chi connectivity index (χ4v) is 3.38. The number of benzene rings is 1. The molecule has 24 heavy (non-hydrogen) atoms. The minimum Gasteiger partial charge on any atom is -0.372 e. The molecule has 0 aliphatic carbocycles. The molecule has 1 amide bonds. The number of anilines is 1. The van der Waals surface area contributed by atoms with E-state index in [1.54, 1.807) is 6.07 Å². The summed E-state index contributed by atoms with van der Waals surface area (Å²) in [5.74, 6) is -0.382. The minimum atomic E-state index is -0.356. The first-order valence-corrected chi connectivity index (χ1v) is 8.61. The highest BCUT2D eigenvalue weighted by Gasteiger charge is 2.25. The molecule has 2 saturated heterocycles.